The minimum Gasteiger partial charge on any atom is -0.356 e. The Kier molecular flexibility index (Phi) is 4.77. The Balaban J connectivity index is 1.30. The Labute approximate surface area is 195 Å². The number of piperidine rings is 1. The highest BCUT2D eigenvalue weighted by molar-refractivity contribution is 5.93. The summed E-state index contributed by atoms with van der Waals surface area (Å²) in [6, 6.07) is 15.7. The predicted molar refractivity (Wildman–Crippen MR) is 135 cm³/mol. The van der Waals surface area contributed by atoms with E-state index in [1.807, 2.05) is 20.0 Å². The number of anilines is 1. The maximum atomic E-state index is 6.38. The fraction of sp³-hybridized carbons (Fsp3) is 0.357. The van der Waals surface area contributed by atoms with Crippen LogP contribution in [0.1, 0.15) is 29.8 Å². The number of aromatic nitrogens is 3. The lowest BCUT2D eigenvalue weighted by molar-refractivity contribution is 0.355. The first kappa shape index (κ1) is 20.4. The van der Waals surface area contributed by atoms with E-state index >= 15 is 0 Å². The van der Waals surface area contributed by atoms with E-state index in [2.05, 4.69) is 64.3 Å². The van der Waals surface area contributed by atoms with Crippen LogP contribution in [0, 0.1) is 32.6 Å². The largest absolute Gasteiger partial charge is 0.356 e. The van der Waals surface area contributed by atoms with Gasteiger partial charge in [0.1, 0.15) is 5.82 Å². The third kappa shape index (κ3) is 3.51. The SMILES string of the molecule is Cc1cc(-c2[nH]c3cc(-c4ccc(N5C[C@H]6CC[C@@H](C5)C6N)nc4)ccc3c2C)cc(C)n1. The second-order valence-electron chi connectivity index (χ2n) is 10.0. The van der Waals surface area contributed by atoms with E-state index in [0.29, 0.717) is 17.9 Å². The van der Waals surface area contributed by atoms with Gasteiger partial charge in [0.15, 0.2) is 0 Å². The van der Waals surface area contributed by atoms with Crippen LogP contribution >= 0.6 is 0 Å². The van der Waals surface area contributed by atoms with Gasteiger partial charge >= 0.3 is 0 Å². The van der Waals surface area contributed by atoms with Gasteiger partial charge in [0.25, 0.3) is 0 Å². The molecular weight excluding hydrogens is 406 g/mol. The number of nitrogens with one attached hydrogen (secondary N) is 1. The third-order valence-corrected chi connectivity index (χ3v) is 7.74. The van der Waals surface area contributed by atoms with Gasteiger partial charge in [-0.25, -0.2) is 4.98 Å². The maximum Gasteiger partial charge on any atom is 0.128 e. The van der Waals surface area contributed by atoms with Crippen LogP contribution in [-0.2, 0) is 0 Å². The van der Waals surface area contributed by atoms with Crippen molar-refractivity contribution >= 4 is 16.7 Å². The topological polar surface area (TPSA) is 70.8 Å². The number of aromatic amines is 1. The van der Waals surface area contributed by atoms with Crippen molar-refractivity contribution in [1.29, 1.82) is 0 Å². The summed E-state index contributed by atoms with van der Waals surface area (Å²) in [4.78, 5) is 15.4. The molecular formula is C28H31N5. The van der Waals surface area contributed by atoms with Gasteiger partial charge in [-0.1, -0.05) is 12.1 Å². The molecule has 1 saturated heterocycles. The predicted octanol–water partition coefficient (Wildman–Crippen LogP) is 5.39. The van der Waals surface area contributed by atoms with Crippen molar-refractivity contribution < 1.29 is 0 Å². The van der Waals surface area contributed by atoms with Crippen molar-refractivity contribution in [3.63, 3.8) is 0 Å². The van der Waals surface area contributed by atoms with Crippen molar-refractivity contribution in [2.24, 2.45) is 17.6 Å². The molecule has 4 heterocycles. The number of H-pyrrole nitrogens is 1. The lowest BCUT2D eigenvalue weighted by Gasteiger charge is -2.36. The highest BCUT2D eigenvalue weighted by Gasteiger charge is 2.40. The Morgan fingerprint density at radius 3 is 2.24 bits per heavy atom. The molecule has 1 aromatic carbocycles. The first-order chi connectivity index (χ1) is 16.0. The van der Waals surface area contributed by atoms with E-state index < -0.39 is 0 Å². The molecule has 4 aromatic rings. The molecule has 5 heteroatoms. The smallest absolute Gasteiger partial charge is 0.128 e. The zero-order valence-electron chi connectivity index (χ0n) is 19.6. The number of pyridine rings is 2. The summed E-state index contributed by atoms with van der Waals surface area (Å²) in [7, 11) is 0. The molecule has 3 aromatic heterocycles. The normalized spacial score (nSPS) is 22.3. The molecule has 33 heavy (non-hydrogen) atoms. The zero-order valence-corrected chi connectivity index (χ0v) is 19.6. The van der Waals surface area contributed by atoms with Gasteiger partial charge in [0.05, 0.1) is 0 Å². The van der Waals surface area contributed by atoms with Gasteiger partial charge in [-0.05, 0) is 86.9 Å². The number of hydrogen-bond acceptors (Lipinski definition) is 4. The van der Waals surface area contributed by atoms with Crippen molar-refractivity contribution in [2.75, 3.05) is 18.0 Å². The maximum absolute atomic E-state index is 6.38. The molecule has 5 nitrogen and oxygen atoms in total. The molecule has 3 N–H and O–H groups in total. The van der Waals surface area contributed by atoms with E-state index in [4.69, 9.17) is 10.7 Å². The summed E-state index contributed by atoms with van der Waals surface area (Å²) in [5.41, 5.74) is 15.6. The lowest BCUT2D eigenvalue weighted by Crippen LogP contribution is -2.49. The van der Waals surface area contributed by atoms with Crippen LogP contribution in [-0.4, -0.2) is 34.1 Å². The molecule has 1 aliphatic heterocycles. The van der Waals surface area contributed by atoms with Crippen LogP contribution in [0.15, 0.2) is 48.7 Å². The number of nitrogens with two attached hydrogens (primary N) is 1. The zero-order chi connectivity index (χ0) is 22.7. The van der Waals surface area contributed by atoms with E-state index in [1.165, 1.54) is 40.6 Å². The molecule has 1 unspecified atom stereocenters. The van der Waals surface area contributed by atoms with Crippen LogP contribution < -0.4 is 10.6 Å². The summed E-state index contributed by atoms with van der Waals surface area (Å²) >= 11 is 0. The molecule has 2 fully saturated rings. The van der Waals surface area contributed by atoms with Crippen LogP contribution in [0.5, 0.6) is 0 Å². The van der Waals surface area contributed by atoms with Crippen LogP contribution in [0.2, 0.25) is 0 Å². The molecule has 2 aliphatic rings. The molecule has 0 radical (unpaired) electrons. The highest BCUT2D eigenvalue weighted by Crippen LogP contribution is 2.37. The average molecular weight is 438 g/mol. The number of nitrogens with zero attached hydrogens (tertiary/aromatic N) is 3. The minimum absolute atomic E-state index is 0.376. The summed E-state index contributed by atoms with van der Waals surface area (Å²) in [5, 5.41) is 1.26. The fourth-order valence-corrected chi connectivity index (χ4v) is 5.98. The van der Waals surface area contributed by atoms with Gasteiger partial charge in [-0.15, -0.1) is 0 Å². The number of benzene rings is 1. The molecule has 6 rings (SSSR count). The fourth-order valence-electron chi connectivity index (χ4n) is 5.98. The molecule has 2 bridgehead atoms. The molecule has 1 aliphatic carbocycles. The number of aryl methyl sites for hydroxylation is 3. The first-order valence-electron chi connectivity index (χ1n) is 12.0. The molecule has 1 saturated carbocycles. The van der Waals surface area contributed by atoms with Crippen molar-refractivity contribution in [3.8, 4) is 22.4 Å². The van der Waals surface area contributed by atoms with Gasteiger partial charge in [-0.3, -0.25) is 4.98 Å². The summed E-state index contributed by atoms with van der Waals surface area (Å²) < 4.78 is 0. The second kappa shape index (κ2) is 7.70. The second-order valence-corrected chi connectivity index (χ2v) is 10.0. The van der Waals surface area contributed by atoms with E-state index in [1.54, 1.807) is 0 Å². The van der Waals surface area contributed by atoms with Gasteiger partial charge < -0.3 is 15.6 Å². The quantitative estimate of drug-likeness (QED) is 0.451. The first-order valence-corrected chi connectivity index (χ1v) is 12.0. The van der Waals surface area contributed by atoms with Crippen LogP contribution in [0.3, 0.4) is 0 Å². The molecule has 3 atom stereocenters. The molecule has 0 spiro atoms. The Bertz CT molecular complexity index is 1300. The Hall–Kier alpha value is -3.18. The Morgan fingerprint density at radius 2 is 1.58 bits per heavy atom. The monoisotopic (exact) mass is 437 g/mol. The number of fused-ring (bicyclic) bond motifs is 3. The van der Waals surface area contributed by atoms with Gasteiger partial charge in [0, 0.05) is 64.4 Å². The standard InChI is InChI=1S/C28H31N5/c1-16-10-23(11-17(2)31-16)28-18(3)24-8-6-19(12-25(24)32-28)20-7-9-26(30-13-20)33-14-21-4-5-22(15-33)27(21)29/h6-13,21-22,27,32H,4-5,14-15,29H2,1-3H3/t21-,22+,27?. The van der Waals surface area contributed by atoms with Gasteiger partial charge in [0.2, 0.25) is 0 Å². The summed E-state index contributed by atoms with van der Waals surface area (Å²) in [5.74, 6) is 2.31. The molecule has 0 amide bonds. The highest BCUT2D eigenvalue weighted by atomic mass is 15.2. The van der Waals surface area contributed by atoms with E-state index in [-0.39, 0.29) is 0 Å². The van der Waals surface area contributed by atoms with E-state index in [0.717, 1.165) is 41.4 Å². The Morgan fingerprint density at radius 1 is 0.879 bits per heavy atom. The number of rotatable bonds is 3. The van der Waals surface area contributed by atoms with Crippen LogP contribution in [0.25, 0.3) is 33.3 Å². The summed E-state index contributed by atoms with van der Waals surface area (Å²) in [6.07, 6.45) is 4.53. The van der Waals surface area contributed by atoms with Crippen LogP contribution in [0.4, 0.5) is 5.82 Å². The van der Waals surface area contributed by atoms with Crippen molar-refractivity contribution in [1.82, 2.24) is 15.0 Å². The molecule has 168 valence electrons. The lowest BCUT2D eigenvalue weighted by atomic mass is 9.93. The summed E-state index contributed by atoms with van der Waals surface area (Å²) in [6.45, 7) is 8.36. The van der Waals surface area contributed by atoms with E-state index in [9.17, 15) is 0 Å². The minimum atomic E-state index is 0.376. The van der Waals surface area contributed by atoms with Crippen molar-refractivity contribution in [2.45, 2.75) is 39.7 Å². The third-order valence-electron chi connectivity index (χ3n) is 7.74. The van der Waals surface area contributed by atoms with Crippen molar-refractivity contribution in [3.05, 3.63) is 65.6 Å². The average Bonchev–Trinajstić information content (AvgIpc) is 3.21. The van der Waals surface area contributed by atoms with Gasteiger partial charge in [-0.2, -0.15) is 0 Å². The number of hydrogen-bond donors (Lipinski definition) is 2.